The Hall–Kier alpha value is -1.29. The molecule has 2 N–H and O–H groups in total. The van der Waals surface area contributed by atoms with Crippen LogP contribution >= 0.6 is 0 Å². The molecule has 1 aromatic rings. The normalized spacial score (nSPS) is 15.5. The van der Waals surface area contributed by atoms with Crippen molar-refractivity contribution in [1.29, 1.82) is 0 Å². The summed E-state index contributed by atoms with van der Waals surface area (Å²) < 4.78 is 24.8. The molecule has 0 unspecified atom stereocenters. The standard InChI is InChI=1S/C13H18FNO2/c1-13(2,15)8-9-6-11-12(7-10(9)14)17-5-3-4-16-11/h6-7H,3-5,8,15H2,1-2H3. The zero-order chi connectivity index (χ0) is 12.5. The fraction of sp³-hybridized carbons (Fsp3) is 0.538. The van der Waals surface area contributed by atoms with Gasteiger partial charge in [0.1, 0.15) is 5.82 Å². The van der Waals surface area contributed by atoms with Crippen LogP contribution in [0.3, 0.4) is 0 Å². The van der Waals surface area contributed by atoms with E-state index in [9.17, 15) is 4.39 Å². The SMILES string of the molecule is CC(C)(N)Cc1cc2c(cc1F)OCCCO2. The molecule has 94 valence electrons. The minimum absolute atomic E-state index is 0.284. The molecule has 0 aromatic heterocycles. The molecule has 0 atom stereocenters. The number of benzene rings is 1. The number of fused-ring (bicyclic) bond motifs is 1. The Morgan fingerprint density at radius 1 is 1.24 bits per heavy atom. The fourth-order valence-corrected chi connectivity index (χ4v) is 1.85. The zero-order valence-corrected chi connectivity index (χ0v) is 10.3. The number of halogens is 1. The summed E-state index contributed by atoms with van der Waals surface area (Å²) in [7, 11) is 0. The Morgan fingerprint density at radius 3 is 2.41 bits per heavy atom. The highest BCUT2D eigenvalue weighted by molar-refractivity contribution is 5.44. The summed E-state index contributed by atoms with van der Waals surface area (Å²) in [6.07, 6.45) is 1.28. The molecular formula is C13H18FNO2. The van der Waals surface area contributed by atoms with Gasteiger partial charge >= 0.3 is 0 Å². The van der Waals surface area contributed by atoms with Crippen molar-refractivity contribution in [3.05, 3.63) is 23.5 Å². The van der Waals surface area contributed by atoms with Crippen molar-refractivity contribution in [2.75, 3.05) is 13.2 Å². The van der Waals surface area contributed by atoms with Crippen LogP contribution in [0.2, 0.25) is 0 Å². The first-order valence-electron chi connectivity index (χ1n) is 5.83. The minimum Gasteiger partial charge on any atom is -0.490 e. The zero-order valence-electron chi connectivity index (χ0n) is 10.3. The molecule has 4 heteroatoms. The maximum absolute atomic E-state index is 13.8. The summed E-state index contributed by atoms with van der Waals surface area (Å²) in [5.74, 6) is 0.814. The lowest BCUT2D eigenvalue weighted by Crippen LogP contribution is -2.34. The first-order chi connectivity index (χ1) is 7.96. The smallest absolute Gasteiger partial charge is 0.164 e. The molecule has 0 saturated heterocycles. The highest BCUT2D eigenvalue weighted by Crippen LogP contribution is 2.33. The maximum atomic E-state index is 13.8. The average Bonchev–Trinajstić information content (AvgIpc) is 2.41. The molecular weight excluding hydrogens is 221 g/mol. The Kier molecular flexibility index (Phi) is 3.24. The van der Waals surface area contributed by atoms with Crippen molar-refractivity contribution in [2.45, 2.75) is 32.2 Å². The van der Waals surface area contributed by atoms with Gasteiger partial charge in [0.25, 0.3) is 0 Å². The lowest BCUT2D eigenvalue weighted by molar-refractivity contribution is 0.296. The van der Waals surface area contributed by atoms with Crippen molar-refractivity contribution in [3.8, 4) is 11.5 Å². The van der Waals surface area contributed by atoms with Gasteiger partial charge in [-0.15, -0.1) is 0 Å². The molecule has 3 nitrogen and oxygen atoms in total. The highest BCUT2D eigenvalue weighted by Gasteiger charge is 2.19. The molecule has 1 aliphatic heterocycles. The van der Waals surface area contributed by atoms with E-state index in [1.165, 1.54) is 6.07 Å². The minimum atomic E-state index is -0.444. The predicted octanol–water partition coefficient (Wildman–Crippen LogP) is 2.27. The first kappa shape index (κ1) is 12.2. The van der Waals surface area contributed by atoms with Crippen molar-refractivity contribution < 1.29 is 13.9 Å². The van der Waals surface area contributed by atoms with Gasteiger partial charge in [-0.05, 0) is 31.9 Å². The van der Waals surface area contributed by atoms with Gasteiger partial charge < -0.3 is 15.2 Å². The average molecular weight is 239 g/mol. The largest absolute Gasteiger partial charge is 0.490 e. The van der Waals surface area contributed by atoms with Crippen molar-refractivity contribution in [3.63, 3.8) is 0 Å². The molecule has 0 bridgehead atoms. The van der Waals surface area contributed by atoms with Gasteiger partial charge in [-0.25, -0.2) is 4.39 Å². The Balaban J connectivity index is 2.32. The van der Waals surface area contributed by atoms with Crippen LogP contribution in [-0.4, -0.2) is 18.8 Å². The number of rotatable bonds is 2. The predicted molar refractivity (Wildman–Crippen MR) is 64.0 cm³/mol. The van der Waals surface area contributed by atoms with E-state index in [0.717, 1.165) is 6.42 Å². The quantitative estimate of drug-likeness (QED) is 0.861. The Bertz CT molecular complexity index is 413. The number of nitrogens with two attached hydrogens (primary N) is 1. The van der Waals surface area contributed by atoms with E-state index in [1.807, 2.05) is 13.8 Å². The third kappa shape index (κ3) is 3.09. The summed E-state index contributed by atoms with van der Waals surface area (Å²) in [5, 5.41) is 0. The van der Waals surface area contributed by atoms with E-state index in [-0.39, 0.29) is 5.82 Å². The van der Waals surface area contributed by atoms with Crippen molar-refractivity contribution >= 4 is 0 Å². The molecule has 0 radical (unpaired) electrons. The van der Waals surface area contributed by atoms with Gasteiger partial charge in [0, 0.05) is 18.0 Å². The molecule has 0 amide bonds. The van der Waals surface area contributed by atoms with Crippen LogP contribution in [0.1, 0.15) is 25.8 Å². The number of ether oxygens (including phenoxy) is 2. The fourth-order valence-electron chi connectivity index (χ4n) is 1.85. The summed E-state index contributed by atoms with van der Waals surface area (Å²) in [6.45, 7) is 4.91. The van der Waals surface area contributed by atoms with Crippen LogP contribution < -0.4 is 15.2 Å². The van der Waals surface area contributed by atoms with Crippen LogP contribution in [-0.2, 0) is 6.42 Å². The van der Waals surface area contributed by atoms with E-state index < -0.39 is 5.54 Å². The molecule has 1 aliphatic rings. The second kappa shape index (κ2) is 4.53. The first-order valence-corrected chi connectivity index (χ1v) is 5.83. The van der Waals surface area contributed by atoms with E-state index in [1.54, 1.807) is 6.07 Å². The second-order valence-electron chi connectivity index (χ2n) is 5.11. The lowest BCUT2D eigenvalue weighted by Gasteiger charge is -2.19. The van der Waals surface area contributed by atoms with Gasteiger partial charge in [0.15, 0.2) is 11.5 Å². The Morgan fingerprint density at radius 2 is 1.82 bits per heavy atom. The molecule has 0 aliphatic carbocycles. The molecule has 0 saturated carbocycles. The Labute approximate surface area is 101 Å². The third-order valence-electron chi connectivity index (χ3n) is 2.56. The maximum Gasteiger partial charge on any atom is 0.164 e. The van der Waals surface area contributed by atoms with Crippen LogP contribution in [0.15, 0.2) is 12.1 Å². The topological polar surface area (TPSA) is 44.5 Å². The van der Waals surface area contributed by atoms with Gasteiger partial charge in [0.2, 0.25) is 0 Å². The van der Waals surface area contributed by atoms with Gasteiger partial charge in [-0.2, -0.15) is 0 Å². The van der Waals surface area contributed by atoms with Crippen LogP contribution in [0, 0.1) is 5.82 Å². The molecule has 0 spiro atoms. The summed E-state index contributed by atoms with van der Waals surface area (Å²) in [4.78, 5) is 0. The van der Waals surface area contributed by atoms with Gasteiger partial charge in [-0.3, -0.25) is 0 Å². The van der Waals surface area contributed by atoms with E-state index in [2.05, 4.69) is 0 Å². The van der Waals surface area contributed by atoms with Crippen molar-refractivity contribution in [1.82, 2.24) is 0 Å². The molecule has 0 fully saturated rings. The number of hydrogen-bond acceptors (Lipinski definition) is 3. The number of hydrogen-bond donors (Lipinski definition) is 1. The summed E-state index contributed by atoms with van der Waals surface area (Å²) in [5.41, 5.74) is 6.03. The molecule has 2 rings (SSSR count). The van der Waals surface area contributed by atoms with Crippen LogP contribution in [0.5, 0.6) is 11.5 Å². The lowest BCUT2D eigenvalue weighted by atomic mass is 9.95. The summed E-state index contributed by atoms with van der Waals surface area (Å²) in [6, 6.07) is 3.09. The highest BCUT2D eigenvalue weighted by atomic mass is 19.1. The summed E-state index contributed by atoms with van der Waals surface area (Å²) >= 11 is 0. The van der Waals surface area contributed by atoms with E-state index in [4.69, 9.17) is 15.2 Å². The van der Waals surface area contributed by atoms with Crippen molar-refractivity contribution in [2.24, 2.45) is 5.73 Å². The monoisotopic (exact) mass is 239 g/mol. The van der Waals surface area contributed by atoms with Gasteiger partial charge in [-0.1, -0.05) is 0 Å². The molecule has 1 aromatic carbocycles. The van der Waals surface area contributed by atoms with E-state index >= 15 is 0 Å². The van der Waals surface area contributed by atoms with Crippen LogP contribution in [0.25, 0.3) is 0 Å². The van der Waals surface area contributed by atoms with Gasteiger partial charge in [0.05, 0.1) is 13.2 Å². The second-order valence-corrected chi connectivity index (χ2v) is 5.11. The van der Waals surface area contributed by atoms with Crippen LogP contribution in [0.4, 0.5) is 4.39 Å². The molecule has 1 heterocycles. The van der Waals surface area contributed by atoms with E-state index in [0.29, 0.717) is 36.7 Å². The molecule has 17 heavy (non-hydrogen) atoms. The third-order valence-corrected chi connectivity index (χ3v) is 2.56.